The minimum absolute atomic E-state index is 0.491. The molecule has 3 aromatic rings. The van der Waals surface area contributed by atoms with Gasteiger partial charge in [-0.3, -0.25) is 4.99 Å². The number of rotatable bonds is 4. The molecule has 0 atom stereocenters. The first kappa shape index (κ1) is 22.5. The predicted molar refractivity (Wildman–Crippen MR) is 118 cm³/mol. The van der Waals surface area contributed by atoms with Crippen molar-refractivity contribution in [2.75, 3.05) is 5.32 Å². The Kier molecular flexibility index (Phi) is 6.20. The third kappa shape index (κ3) is 4.33. The van der Waals surface area contributed by atoms with Crippen LogP contribution >= 0.6 is 0 Å². The molecule has 0 saturated carbocycles. The maximum Gasteiger partial charge on any atom is 0.199 e. The molecule has 1 N–H and O–H groups in total. The normalized spacial score (nSPS) is 11.4. The summed E-state index contributed by atoms with van der Waals surface area (Å²) in [5, 5.41) is 2.78. The lowest BCUT2D eigenvalue weighted by atomic mass is 10.0. The molecule has 31 heavy (non-hydrogen) atoms. The van der Waals surface area contributed by atoms with Crippen molar-refractivity contribution in [2.24, 2.45) is 4.99 Å². The summed E-state index contributed by atoms with van der Waals surface area (Å²) in [5.41, 5.74) is 5.26. The van der Waals surface area contributed by atoms with Crippen molar-refractivity contribution < 1.29 is 17.6 Å². The van der Waals surface area contributed by atoms with Crippen LogP contribution in [-0.2, 0) is 0 Å². The number of nitrogens with zero attached hydrogens (tertiary/aromatic N) is 1. The molecule has 0 saturated heterocycles. The lowest BCUT2D eigenvalue weighted by molar-refractivity contribution is 0.410. The van der Waals surface area contributed by atoms with Gasteiger partial charge in [0.1, 0.15) is 0 Å². The molecule has 0 spiro atoms. The molecular weight excluding hydrogens is 404 g/mol. The largest absolute Gasteiger partial charge is 0.352 e. The van der Waals surface area contributed by atoms with E-state index < -0.39 is 34.5 Å². The molecule has 0 aromatic heterocycles. The van der Waals surface area contributed by atoms with Crippen molar-refractivity contribution in [3.63, 3.8) is 0 Å². The second kappa shape index (κ2) is 8.53. The molecule has 6 heteroatoms. The molecule has 3 rings (SSSR count). The first-order valence-electron chi connectivity index (χ1n) is 9.84. The number of aryl methyl sites for hydroxylation is 6. The fourth-order valence-electron chi connectivity index (χ4n) is 3.90. The number of halogens is 4. The second-order valence-electron chi connectivity index (χ2n) is 7.95. The predicted octanol–water partition coefficient (Wildman–Crippen LogP) is 7.59. The highest BCUT2D eigenvalue weighted by molar-refractivity contribution is 5.92. The van der Waals surface area contributed by atoms with E-state index in [1.165, 1.54) is 0 Å². The standard InChI is InChI=1S/C25H24F4N2/c1-12-7-14(3)23(15(4)8-12)30-11-18-19(26)20(27)21(28)22(29)25(18)31-24-16(5)9-13(2)10-17(24)6/h7-11,31H,1-6H3/b30-11+. The maximum absolute atomic E-state index is 14.8. The first-order chi connectivity index (χ1) is 14.5. The highest BCUT2D eigenvalue weighted by atomic mass is 19.2. The van der Waals surface area contributed by atoms with Gasteiger partial charge >= 0.3 is 0 Å². The van der Waals surface area contributed by atoms with Crippen LogP contribution in [0.25, 0.3) is 0 Å². The molecular formula is C25H24F4N2. The highest BCUT2D eigenvalue weighted by Gasteiger charge is 2.25. The summed E-state index contributed by atoms with van der Waals surface area (Å²) in [6.07, 6.45) is 1.03. The van der Waals surface area contributed by atoms with Gasteiger partial charge in [0.05, 0.1) is 16.9 Å². The first-order valence-corrected chi connectivity index (χ1v) is 9.84. The summed E-state index contributed by atoms with van der Waals surface area (Å²) >= 11 is 0. The monoisotopic (exact) mass is 428 g/mol. The van der Waals surface area contributed by atoms with E-state index in [4.69, 9.17) is 0 Å². The van der Waals surface area contributed by atoms with Gasteiger partial charge in [0.2, 0.25) is 0 Å². The van der Waals surface area contributed by atoms with E-state index in [2.05, 4.69) is 10.3 Å². The van der Waals surface area contributed by atoms with Gasteiger partial charge < -0.3 is 5.32 Å². The summed E-state index contributed by atoms with van der Waals surface area (Å²) in [7, 11) is 0. The number of anilines is 2. The Balaban J connectivity index is 2.20. The van der Waals surface area contributed by atoms with Crippen molar-refractivity contribution in [1.29, 1.82) is 0 Å². The number of hydrogen-bond acceptors (Lipinski definition) is 2. The van der Waals surface area contributed by atoms with E-state index >= 15 is 0 Å². The summed E-state index contributed by atoms with van der Waals surface area (Å²) in [5.74, 6) is -6.76. The highest BCUT2D eigenvalue weighted by Crippen LogP contribution is 2.34. The van der Waals surface area contributed by atoms with Gasteiger partial charge in [-0.15, -0.1) is 0 Å². The topological polar surface area (TPSA) is 24.4 Å². The summed E-state index contributed by atoms with van der Waals surface area (Å²) in [4.78, 5) is 4.29. The van der Waals surface area contributed by atoms with E-state index in [0.29, 0.717) is 11.4 Å². The van der Waals surface area contributed by atoms with E-state index in [1.54, 1.807) is 13.8 Å². The molecule has 162 valence electrons. The fourth-order valence-corrected chi connectivity index (χ4v) is 3.90. The minimum atomic E-state index is -1.88. The van der Waals surface area contributed by atoms with Gasteiger partial charge in [-0.25, -0.2) is 17.6 Å². The van der Waals surface area contributed by atoms with E-state index in [-0.39, 0.29) is 0 Å². The Hall–Kier alpha value is -3.15. The smallest absolute Gasteiger partial charge is 0.199 e. The van der Waals surface area contributed by atoms with Crippen LogP contribution in [-0.4, -0.2) is 6.21 Å². The van der Waals surface area contributed by atoms with Gasteiger partial charge in [-0.05, 0) is 63.8 Å². The molecule has 2 nitrogen and oxygen atoms in total. The molecule has 0 aliphatic carbocycles. The Morgan fingerprint density at radius 2 is 1.06 bits per heavy atom. The average Bonchev–Trinajstić information content (AvgIpc) is 2.67. The lowest BCUT2D eigenvalue weighted by Crippen LogP contribution is -2.09. The molecule has 3 aromatic carbocycles. The van der Waals surface area contributed by atoms with Crippen LogP contribution in [0.5, 0.6) is 0 Å². The molecule has 0 bridgehead atoms. The number of hydrogen-bond donors (Lipinski definition) is 1. The zero-order valence-corrected chi connectivity index (χ0v) is 18.3. The molecule has 0 amide bonds. The molecule has 0 heterocycles. The molecule has 0 unspecified atom stereocenters. The quantitative estimate of drug-likeness (QED) is 0.197. The van der Waals surface area contributed by atoms with E-state index in [1.807, 2.05) is 52.0 Å². The zero-order valence-electron chi connectivity index (χ0n) is 18.3. The third-order valence-corrected chi connectivity index (χ3v) is 5.19. The van der Waals surface area contributed by atoms with Crippen LogP contribution in [0.2, 0.25) is 0 Å². The number of nitrogens with one attached hydrogen (secondary N) is 1. The van der Waals surface area contributed by atoms with Crippen molar-refractivity contribution in [3.8, 4) is 0 Å². The van der Waals surface area contributed by atoms with Crippen molar-refractivity contribution in [2.45, 2.75) is 41.5 Å². The maximum atomic E-state index is 14.8. The van der Waals surface area contributed by atoms with Gasteiger partial charge in [0.25, 0.3) is 0 Å². The van der Waals surface area contributed by atoms with Crippen LogP contribution in [0.15, 0.2) is 29.3 Å². The zero-order chi connectivity index (χ0) is 23.0. The van der Waals surface area contributed by atoms with Crippen LogP contribution in [0.4, 0.5) is 34.6 Å². The number of aliphatic imine (C=N–C) groups is 1. The van der Waals surface area contributed by atoms with E-state index in [9.17, 15) is 17.6 Å². The Morgan fingerprint density at radius 1 is 0.613 bits per heavy atom. The molecule has 0 aliphatic heterocycles. The Bertz CT molecular complexity index is 1170. The van der Waals surface area contributed by atoms with Gasteiger partial charge in [-0.2, -0.15) is 0 Å². The molecule has 0 aliphatic rings. The summed E-state index contributed by atoms with van der Waals surface area (Å²) in [6.45, 7) is 11.1. The van der Waals surface area contributed by atoms with Crippen LogP contribution in [0, 0.1) is 64.8 Å². The van der Waals surface area contributed by atoms with Gasteiger partial charge in [0, 0.05) is 11.9 Å². The lowest BCUT2D eigenvalue weighted by Gasteiger charge is -2.17. The van der Waals surface area contributed by atoms with E-state index in [0.717, 1.165) is 39.6 Å². The molecule has 0 radical (unpaired) electrons. The average molecular weight is 428 g/mol. The second-order valence-corrected chi connectivity index (χ2v) is 7.95. The fraction of sp³-hybridized carbons (Fsp3) is 0.240. The number of benzene rings is 3. The summed E-state index contributed by atoms with van der Waals surface area (Å²) < 4.78 is 57.6. The summed E-state index contributed by atoms with van der Waals surface area (Å²) in [6, 6.07) is 7.52. The molecule has 0 fully saturated rings. The minimum Gasteiger partial charge on any atom is -0.352 e. The SMILES string of the molecule is Cc1cc(C)c(/N=C/c2c(F)c(F)c(F)c(F)c2Nc2c(C)cc(C)cc2C)c(C)c1. The Labute approximate surface area is 179 Å². The van der Waals surface area contributed by atoms with Crippen LogP contribution < -0.4 is 5.32 Å². The van der Waals surface area contributed by atoms with Gasteiger partial charge in [-0.1, -0.05) is 35.4 Å². The van der Waals surface area contributed by atoms with Crippen LogP contribution in [0.3, 0.4) is 0 Å². The third-order valence-electron chi connectivity index (χ3n) is 5.19. The van der Waals surface area contributed by atoms with Crippen molar-refractivity contribution in [1.82, 2.24) is 0 Å². The van der Waals surface area contributed by atoms with Crippen molar-refractivity contribution in [3.05, 3.63) is 86.5 Å². The Morgan fingerprint density at radius 3 is 1.58 bits per heavy atom. The van der Waals surface area contributed by atoms with Crippen LogP contribution in [0.1, 0.15) is 38.9 Å². The van der Waals surface area contributed by atoms with Gasteiger partial charge in [0.15, 0.2) is 23.3 Å². The van der Waals surface area contributed by atoms with Crippen molar-refractivity contribution >= 4 is 23.3 Å².